The second kappa shape index (κ2) is 5.61. The summed E-state index contributed by atoms with van der Waals surface area (Å²) in [6.07, 6.45) is 4.30. The van der Waals surface area contributed by atoms with Gasteiger partial charge in [-0.25, -0.2) is 0 Å². The Balaban J connectivity index is 0.000000396. The first kappa shape index (κ1) is 11.0. The quantitative estimate of drug-likeness (QED) is 0.616. The van der Waals surface area contributed by atoms with E-state index in [1.165, 1.54) is 45.6 Å². The summed E-state index contributed by atoms with van der Waals surface area (Å²) >= 11 is 0. The van der Waals surface area contributed by atoms with Gasteiger partial charge in [0.1, 0.15) is 0 Å². The van der Waals surface area contributed by atoms with Crippen LogP contribution in [0.5, 0.6) is 0 Å². The normalized spacial score (nSPS) is 29.3. The van der Waals surface area contributed by atoms with Crippen molar-refractivity contribution in [3.05, 3.63) is 0 Å². The van der Waals surface area contributed by atoms with Gasteiger partial charge in [0.15, 0.2) is 0 Å². The Morgan fingerprint density at radius 3 is 2.62 bits per heavy atom. The summed E-state index contributed by atoms with van der Waals surface area (Å²) in [6, 6.07) is 0.942. The predicted molar refractivity (Wildman–Crippen MR) is 57.8 cm³/mol. The van der Waals surface area contributed by atoms with Crippen molar-refractivity contribution in [2.24, 2.45) is 0 Å². The Hall–Kier alpha value is -0.0800. The van der Waals surface area contributed by atoms with Gasteiger partial charge in [0.05, 0.1) is 6.67 Å². The number of nitrogens with zero attached hydrogens (tertiary/aromatic N) is 2. The minimum absolute atomic E-state index is 0.942. The highest BCUT2D eigenvalue weighted by atomic mass is 15.3. The molecule has 13 heavy (non-hydrogen) atoms. The Bertz CT molecular complexity index is 136. The third-order valence-corrected chi connectivity index (χ3v) is 3.11. The van der Waals surface area contributed by atoms with Crippen molar-refractivity contribution in [2.45, 2.75) is 46.1 Å². The molecule has 2 aliphatic heterocycles. The lowest BCUT2D eigenvalue weighted by molar-refractivity contribution is 0.0703. The van der Waals surface area contributed by atoms with Crippen molar-refractivity contribution >= 4 is 0 Å². The maximum atomic E-state index is 2.65. The molecule has 0 bridgehead atoms. The van der Waals surface area contributed by atoms with E-state index in [4.69, 9.17) is 0 Å². The lowest BCUT2D eigenvalue weighted by Gasteiger charge is -2.37. The summed E-state index contributed by atoms with van der Waals surface area (Å²) in [5, 5.41) is 0. The highest BCUT2D eigenvalue weighted by Gasteiger charge is 2.29. The molecule has 0 aliphatic carbocycles. The fraction of sp³-hybridized carbons (Fsp3) is 1.00. The fourth-order valence-electron chi connectivity index (χ4n) is 2.33. The first-order valence-electron chi connectivity index (χ1n) is 5.86. The summed E-state index contributed by atoms with van der Waals surface area (Å²) in [5.74, 6) is 0. The molecule has 0 aromatic carbocycles. The molecule has 2 aliphatic rings. The molecule has 2 nitrogen and oxygen atoms in total. The Morgan fingerprint density at radius 1 is 1.15 bits per heavy atom. The van der Waals surface area contributed by atoms with Gasteiger partial charge in [0.2, 0.25) is 0 Å². The van der Waals surface area contributed by atoms with Crippen LogP contribution < -0.4 is 0 Å². The average Bonchev–Trinajstić information content (AvgIpc) is 2.67. The lowest BCUT2D eigenvalue weighted by Crippen LogP contribution is -2.47. The van der Waals surface area contributed by atoms with E-state index in [0.29, 0.717) is 0 Å². The summed E-state index contributed by atoms with van der Waals surface area (Å²) in [7, 11) is 0. The maximum Gasteiger partial charge on any atom is 0.0508 e. The van der Waals surface area contributed by atoms with Crippen molar-refractivity contribution in [2.75, 3.05) is 26.3 Å². The Labute approximate surface area is 82.9 Å². The second-order valence-electron chi connectivity index (χ2n) is 3.75. The molecule has 0 aromatic rings. The first-order valence-corrected chi connectivity index (χ1v) is 5.86. The van der Waals surface area contributed by atoms with Gasteiger partial charge in [-0.05, 0) is 32.4 Å². The van der Waals surface area contributed by atoms with E-state index in [2.05, 4.69) is 16.7 Å². The Morgan fingerprint density at radius 2 is 1.92 bits per heavy atom. The van der Waals surface area contributed by atoms with Crippen LogP contribution in [0.1, 0.15) is 40.0 Å². The molecule has 1 atom stereocenters. The SMILES string of the molecule is CC.CCN1CCC2CCCN2C1. The molecule has 2 heteroatoms. The van der Waals surface area contributed by atoms with Gasteiger partial charge in [-0.3, -0.25) is 9.80 Å². The highest BCUT2D eigenvalue weighted by molar-refractivity contribution is 4.83. The first-order chi connectivity index (χ1) is 6.40. The van der Waals surface area contributed by atoms with Gasteiger partial charge in [0, 0.05) is 12.6 Å². The van der Waals surface area contributed by atoms with E-state index in [0.717, 1.165) is 6.04 Å². The molecule has 2 fully saturated rings. The molecule has 0 radical (unpaired) electrons. The van der Waals surface area contributed by atoms with Crippen LogP contribution in [0.2, 0.25) is 0 Å². The van der Waals surface area contributed by atoms with E-state index in [9.17, 15) is 0 Å². The third kappa shape index (κ3) is 2.68. The van der Waals surface area contributed by atoms with Gasteiger partial charge in [-0.1, -0.05) is 20.8 Å². The molecule has 1 unspecified atom stereocenters. The summed E-state index contributed by atoms with van der Waals surface area (Å²) < 4.78 is 0. The van der Waals surface area contributed by atoms with Crippen LogP contribution in [0.4, 0.5) is 0 Å². The molecular weight excluding hydrogens is 160 g/mol. The molecule has 0 saturated carbocycles. The third-order valence-electron chi connectivity index (χ3n) is 3.11. The number of rotatable bonds is 1. The molecule has 78 valence electrons. The molecule has 2 saturated heterocycles. The van der Waals surface area contributed by atoms with E-state index >= 15 is 0 Å². The maximum absolute atomic E-state index is 2.65. The largest absolute Gasteiger partial charge is 0.291 e. The molecule has 0 amide bonds. The van der Waals surface area contributed by atoms with Crippen LogP contribution in [0.3, 0.4) is 0 Å². The number of hydrogen-bond donors (Lipinski definition) is 0. The summed E-state index contributed by atoms with van der Waals surface area (Å²) in [5.41, 5.74) is 0. The van der Waals surface area contributed by atoms with Crippen LogP contribution in [0.25, 0.3) is 0 Å². The van der Waals surface area contributed by atoms with Crippen LogP contribution >= 0.6 is 0 Å². The van der Waals surface area contributed by atoms with Gasteiger partial charge in [-0.15, -0.1) is 0 Å². The average molecular weight is 184 g/mol. The van der Waals surface area contributed by atoms with Gasteiger partial charge in [-0.2, -0.15) is 0 Å². The molecule has 0 aromatic heterocycles. The van der Waals surface area contributed by atoms with Crippen LogP contribution in [-0.2, 0) is 0 Å². The van der Waals surface area contributed by atoms with Gasteiger partial charge >= 0.3 is 0 Å². The molecule has 0 spiro atoms. The Kier molecular flexibility index (Phi) is 4.74. The zero-order valence-electron chi connectivity index (χ0n) is 9.42. The van der Waals surface area contributed by atoms with Crippen molar-refractivity contribution in [1.29, 1.82) is 0 Å². The van der Waals surface area contributed by atoms with Crippen molar-refractivity contribution in [3.8, 4) is 0 Å². The fourth-order valence-corrected chi connectivity index (χ4v) is 2.33. The minimum atomic E-state index is 0.942. The van der Waals surface area contributed by atoms with Gasteiger partial charge in [0.25, 0.3) is 0 Å². The molecular formula is C11H24N2. The summed E-state index contributed by atoms with van der Waals surface area (Å²) in [6.45, 7) is 11.4. The summed E-state index contributed by atoms with van der Waals surface area (Å²) in [4.78, 5) is 5.19. The zero-order valence-corrected chi connectivity index (χ0v) is 9.42. The predicted octanol–water partition coefficient (Wildman–Crippen LogP) is 2.16. The van der Waals surface area contributed by atoms with Crippen LogP contribution in [0, 0.1) is 0 Å². The topological polar surface area (TPSA) is 6.48 Å². The van der Waals surface area contributed by atoms with E-state index < -0.39 is 0 Å². The number of hydrogen-bond acceptors (Lipinski definition) is 2. The van der Waals surface area contributed by atoms with Gasteiger partial charge < -0.3 is 0 Å². The van der Waals surface area contributed by atoms with Crippen LogP contribution in [0.15, 0.2) is 0 Å². The van der Waals surface area contributed by atoms with Crippen molar-refractivity contribution in [1.82, 2.24) is 9.80 Å². The zero-order chi connectivity index (χ0) is 9.68. The molecule has 2 heterocycles. The number of fused-ring (bicyclic) bond motifs is 1. The minimum Gasteiger partial charge on any atom is -0.291 e. The van der Waals surface area contributed by atoms with E-state index in [1.807, 2.05) is 13.8 Å². The van der Waals surface area contributed by atoms with E-state index in [1.54, 1.807) is 0 Å². The van der Waals surface area contributed by atoms with Crippen molar-refractivity contribution < 1.29 is 0 Å². The molecule has 2 rings (SSSR count). The smallest absolute Gasteiger partial charge is 0.0508 e. The monoisotopic (exact) mass is 184 g/mol. The lowest BCUT2D eigenvalue weighted by atomic mass is 10.1. The van der Waals surface area contributed by atoms with Crippen molar-refractivity contribution in [3.63, 3.8) is 0 Å². The van der Waals surface area contributed by atoms with E-state index in [-0.39, 0.29) is 0 Å². The standard InChI is InChI=1S/C9H18N2.C2H6/c1-2-10-7-5-9-4-3-6-11(9)8-10;1-2/h9H,2-8H2,1H3;1-2H3. The molecule has 0 N–H and O–H groups in total. The second-order valence-corrected chi connectivity index (χ2v) is 3.75. The van der Waals surface area contributed by atoms with Crippen LogP contribution in [-0.4, -0.2) is 42.1 Å². The highest BCUT2D eigenvalue weighted by Crippen LogP contribution is 2.23.